The van der Waals surface area contributed by atoms with E-state index in [1.807, 2.05) is 69.3 Å². The van der Waals surface area contributed by atoms with Crippen LogP contribution < -0.4 is 5.32 Å². The van der Waals surface area contributed by atoms with Crippen molar-refractivity contribution in [3.05, 3.63) is 97.1 Å². The zero-order chi connectivity index (χ0) is 38.5. The summed E-state index contributed by atoms with van der Waals surface area (Å²) < 4.78 is 18.6. The molecule has 3 amide bonds. The molecule has 53 heavy (non-hydrogen) atoms. The van der Waals surface area contributed by atoms with Crippen LogP contribution in [0.2, 0.25) is 0 Å². The average molecular weight is 795 g/mol. The molecular weight excluding hydrogens is 742 g/mol. The first-order chi connectivity index (χ1) is 25.3. The molecule has 3 fully saturated rings. The number of fused-ring (bicyclic) bond motifs is 1. The summed E-state index contributed by atoms with van der Waals surface area (Å²) in [6, 6.07) is 15.8. The van der Waals surface area contributed by atoms with Gasteiger partial charge in [-0.3, -0.25) is 19.2 Å². The number of benzene rings is 2. The van der Waals surface area contributed by atoms with Crippen LogP contribution in [0.3, 0.4) is 0 Å². The fourth-order valence-electron chi connectivity index (χ4n) is 8.24. The third-order valence-corrected chi connectivity index (χ3v) is 11.4. The SMILES string of the molecule is C=CCCC(=O)N[C@H](COC)[C@H](OC(=O)[C@H]1[C@@H]2O[C@@]3(CC2Br)[C@@H]1C(=O)N([C@@H](CO)Cc1ccccc1)[C@@H]3C(=O)N(CC=C)C(C)(C)C)c1ccccc1. The Bertz CT molecular complexity index is 1630. The molecule has 2 N–H and O–H groups in total. The van der Waals surface area contributed by atoms with E-state index in [1.165, 1.54) is 12.0 Å². The predicted octanol–water partition coefficient (Wildman–Crippen LogP) is 4.53. The van der Waals surface area contributed by atoms with Crippen molar-refractivity contribution in [3.63, 3.8) is 0 Å². The van der Waals surface area contributed by atoms with E-state index in [1.54, 1.807) is 29.2 Å². The topological polar surface area (TPSA) is 135 Å². The Morgan fingerprint density at radius 3 is 2.36 bits per heavy atom. The van der Waals surface area contributed by atoms with Crippen LogP contribution in [0.5, 0.6) is 0 Å². The highest BCUT2D eigenvalue weighted by Gasteiger charge is 2.78. The molecule has 0 radical (unpaired) electrons. The summed E-state index contributed by atoms with van der Waals surface area (Å²) in [7, 11) is 1.50. The quantitative estimate of drug-likeness (QED) is 0.136. The number of nitrogens with zero attached hydrogens (tertiary/aromatic N) is 2. The van der Waals surface area contributed by atoms with E-state index in [0.29, 0.717) is 12.0 Å². The molecule has 286 valence electrons. The maximum absolute atomic E-state index is 15.0. The number of aliphatic hydroxyl groups excluding tert-OH is 1. The van der Waals surface area contributed by atoms with Crippen LogP contribution in [-0.4, -0.2) is 106 Å². The summed E-state index contributed by atoms with van der Waals surface area (Å²) in [4.78, 5) is 60.4. The van der Waals surface area contributed by atoms with E-state index in [2.05, 4.69) is 34.4 Å². The number of methoxy groups -OCH3 is 1. The molecule has 3 aliphatic rings. The van der Waals surface area contributed by atoms with Gasteiger partial charge in [-0.2, -0.15) is 0 Å². The molecule has 5 rings (SSSR count). The van der Waals surface area contributed by atoms with Crippen molar-refractivity contribution < 1.29 is 38.5 Å². The number of amides is 3. The van der Waals surface area contributed by atoms with E-state index in [0.717, 1.165) is 5.56 Å². The van der Waals surface area contributed by atoms with E-state index in [4.69, 9.17) is 14.2 Å². The Balaban J connectivity index is 1.57. The van der Waals surface area contributed by atoms with E-state index in [9.17, 15) is 19.5 Å². The van der Waals surface area contributed by atoms with Gasteiger partial charge >= 0.3 is 5.97 Å². The van der Waals surface area contributed by atoms with Gasteiger partial charge in [-0.25, -0.2) is 0 Å². The monoisotopic (exact) mass is 793 g/mol. The van der Waals surface area contributed by atoms with Crippen molar-refractivity contribution in [2.45, 2.75) is 92.8 Å². The number of ether oxygens (including phenoxy) is 3. The first kappa shape index (κ1) is 40.3. The van der Waals surface area contributed by atoms with E-state index < -0.39 is 71.8 Å². The minimum atomic E-state index is -1.39. The van der Waals surface area contributed by atoms with Gasteiger partial charge in [-0.05, 0) is 51.2 Å². The van der Waals surface area contributed by atoms with Crippen molar-refractivity contribution in [1.29, 1.82) is 0 Å². The molecule has 3 heterocycles. The maximum Gasteiger partial charge on any atom is 0.313 e. The first-order valence-electron chi connectivity index (χ1n) is 18.2. The van der Waals surface area contributed by atoms with Crippen LogP contribution in [0.1, 0.15) is 57.3 Å². The number of alkyl halides is 1. The fourth-order valence-corrected chi connectivity index (χ4v) is 9.19. The van der Waals surface area contributed by atoms with Crippen molar-refractivity contribution >= 4 is 39.6 Å². The van der Waals surface area contributed by atoms with Gasteiger partial charge in [0, 0.05) is 30.4 Å². The highest BCUT2D eigenvalue weighted by atomic mass is 79.9. The molecule has 2 bridgehead atoms. The number of likely N-dealkylation sites (tertiary alicyclic amines) is 1. The van der Waals surface area contributed by atoms with Crippen LogP contribution in [-0.2, 0) is 39.8 Å². The van der Waals surface area contributed by atoms with Crippen molar-refractivity contribution in [2.24, 2.45) is 11.8 Å². The Hall–Kier alpha value is -3.84. The standard InChI is InChI=1S/C41H52BrN3O8/c1-7-9-20-31(47)43-30(25-51-6)34(27-18-14-11-15-19-27)52-39(50)32-33-37(48)45(28(24-46)22-26-16-12-10-13-17-26)36(41(33)23-29(42)35(32)53-41)38(49)44(21-8-2)40(3,4)5/h7-8,10-19,28-30,32-36,46H,1-2,9,20-25H2,3-6H3,(H,43,47)/t28-,29?,30-,32-,33+,34-,35-,36-,41+/m1/s1. The molecule has 0 aromatic heterocycles. The van der Waals surface area contributed by atoms with Crippen LogP contribution in [0.25, 0.3) is 0 Å². The Morgan fingerprint density at radius 2 is 1.77 bits per heavy atom. The normalized spacial score (nSPS) is 26.3. The summed E-state index contributed by atoms with van der Waals surface area (Å²) in [6.45, 7) is 13.2. The second-order valence-electron chi connectivity index (χ2n) is 15.1. The second kappa shape index (κ2) is 17.1. The van der Waals surface area contributed by atoms with Gasteiger partial charge in [0.2, 0.25) is 17.7 Å². The lowest BCUT2D eigenvalue weighted by atomic mass is 9.70. The molecule has 1 unspecified atom stereocenters. The zero-order valence-corrected chi connectivity index (χ0v) is 32.6. The van der Waals surface area contributed by atoms with Gasteiger partial charge in [-0.1, -0.05) is 88.7 Å². The number of carbonyl (C=O) groups is 4. The molecule has 12 heteroatoms. The van der Waals surface area contributed by atoms with Crippen LogP contribution in [0.4, 0.5) is 0 Å². The average Bonchev–Trinajstić information content (AvgIpc) is 3.73. The smallest absolute Gasteiger partial charge is 0.313 e. The predicted molar refractivity (Wildman–Crippen MR) is 204 cm³/mol. The molecule has 0 saturated carbocycles. The number of hydrogen-bond acceptors (Lipinski definition) is 8. The Labute approximate surface area is 320 Å². The lowest BCUT2D eigenvalue weighted by Gasteiger charge is -2.43. The second-order valence-corrected chi connectivity index (χ2v) is 16.2. The number of esters is 1. The van der Waals surface area contributed by atoms with Gasteiger partial charge in [-0.15, -0.1) is 13.2 Å². The molecule has 1 spiro atoms. The zero-order valence-electron chi connectivity index (χ0n) is 31.0. The largest absolute Gasteiger partial charge is 0.455 e. The molecule has 0 aliphatic carbocycles. The Kier molecular flexibility index (Phi) is 13.0. The summed E-state index contributed by atoms with van der Waals surface area (Å²) in [5.74, 6) is -3.91. The van der Waals surface area contributed by atoms with E-state index >= 15 is 4.79 Å². The summed E-state index contributed by atoms with van der Waals surface area (Å²) in [5, 5.41) is 13.8. The number of nitrogens with one attached hydrogen (secondary N) is 1. The number of allylic oxidation sites excluding steroid dienone is 1. The summed E-state index contributed by atoms with van der Waals surface area (Å²) >= 11 is 3.75. The number of rotatable bonds is 17. The number of carbonyl (C=O) groups excluding carboxylic acids is 4. The van der Waals surface area contributed by atoms with Crippen molar-refractivity contribution in [1.82, 2.24) is 15.1 Å². The van der Waals surface area contributed by atoms with Gasteiger partial charge in [0.05, 0.1) is 43.2 Å². The highest BCUT2D eigenvalue weighted by Crippen LogP contribution is 2.61. The highest BCUT2D eigenvalue weighted by molar-refractivity contribution is 9.09. The fraction of sp³-hybridized carbons (Fsp3) is 0.512. The lowest BCUT2D eigenvalue weighted by molar-refractivity contribution is -0.163. The molecule has 2 aromatic carbocycles. The van der Waals surface area contributed by atoms with E-state index in [-0.39, 0.29) is 49.1 Å². The molecule has 3 saturated heterocycles. The van der Waals surface area contributed by atoms with Crippen molar-refractivity contribution in [2.75, 3.05) is 26.9 Å². The maximum atomic E-state index is 15.0. The van der Waals surface area contributed by atoms with Crippen LogP contribution >= 0.6 is 15.9 Å². The van der Waals surface area contributed by atoms with Crippen molar-refractivity contribution in [3.8, 4) is 0 Å². The number of halogens is 1. The third kappa shape index (κ3) is 8.16. The Morgan fingerprint density at radius 1 is 1.11 bits per heavy atom. The lowest BCUT2D eigenvalue weighted by Crippen LogP contribution is -2.62. The molecule has 2 aromatic rings. The van der Waals surface area contributed by atoms with Gasteiger partial charge < -0.3 is 34.4 Å². The van der Waals surface area contributed by atoms with Crippen LogP contribution in [0.15, 0.2) is 86.0 Å². The minimum Gasteiger partial charge on any atom is -0.455 e. The molecule has 9 atom stereocenters. The molecule has 11 nitrogen and oxygen atoms in total. The summed E-state index contributed by atoms with van der Waals surface area (Å²) in [6.07, 6.45) is 2.77. The first-order valence-corrected chi connectivity index (χ1v) is 19.1. The summed E-state index contributed by atoms with van der Waals surface area (Å²) in [5.41, 5.74) is -0.537. The van der Waals surface area contributed by atoms with Gasteiger partial charge in [0.15, 0.2) is 0 Å². The molecule has 3 aliphatic heterocycles. The number of hydrogen-bond donors (Lipinski definition) is 2. The number of aliphatic hydroxyl groups is 1. The van der Waals surface area contributed by atoms with Gasteiger partial charge in [0.25, 0.3) is 0 Å². The third-order valence-electron chi connectivity index (χ3n) is 10.5. The molecular formula is C41H52BrN3O8. The van der Waals surface area contributed by atoms with Crippen LogP contribution in [0, 0.1) is 11.8 Å². The minimum absolute atomic E-state index is 0.0403. The van der Waals surface area contributed by atoms with Gasteiger partial charge in [0.1, 0.15) is 17.7 Å².